The van der Waals surface area contributed by atoms with Gasteiger partial charge < -0.3 is 5.73 Å². The summed E-state index contributed by atoms with van der Waals surface area (Å²) in [5, 5.41) is 10.0. The van der Waals surface area contributed by atoms with Crippen molar-refractivity contribution in [3.8, 4) is 0 Å². The first-order chi connectivity index (χ1) is 8.97. The first-order valence-corrected chi connectivity index (χ1v) is 5.51. The number of nitrogens with two attached hydrogens (primary N) is 1. The molecule has 0 aliphatic carbocycles. The number of nitrogens with one attached hydrogen (secondary N) is 1. The molecule has 2 rings (SSSR count). The van der Waals surface area contributed by atoms with Crippen molar-refractivity contribution in [3.63, 3.8) is 0 Å². The quantitative estimate of drug-likeness (QED) is 0.798. The Morgan fingerprint density at radius 1 is 1.26 bits per heavy atom. The zero-order valence-electron chi connectivity index (χ0n) is 10.4. The van der Waals surface area contributed by atoms with E-state index in [1.165, 1.54) is 6.07 Å². The molecular weight excluding hydrogens is 249 g/mol. The van der Waals surface area contributed by atoms with E-state index in [1.807, 2.05) is 0 Å². The summed E-state index contributed by atoms with van der Waals surface area (Å²) in [6.07, 6.45) is 0. The minimum atomic E-state index is -0.512. The van der Waals surface area contributed by atoms with Crippen LogP contribution in [0.3, 0.4) is 0 Å². The van der Waals surface area contributed by atoms with Gasteiger partial charge in [0.25, 0.3) is 5.91 Å². The molecular formula is C12H12FN5O. The highest BCUT2D eigenvalue weighted by Gasteiger charge is 2.12. The van der Waals surface area contributed by atoms with Crippen molar-refractivity contribution in [2.24, 2.45) is 0 Å². The van der Waals surface area contributed by atoms with Gasteiger partial charge in [0.1, 0.15) is 5.82 Å². The summed E-state index contributed by atoms with van der Waals surface area (Å²) in [5.41, 5.74) is 7.12. The molecule has 0 saturated heterocycles. The number of carbonyl (C=O) groups excluding carboxylic acids is 1. The highest BCUT2D eigenvalue weighted by Crippen LogP contribution is 2.14. The van der Waals surface area contributed by atoms with E-state index >= 15 is 0 Å². The molecule has 2 aromatic rings. The van der Waals surface area contributed by atoms with Crippen LogP contribution in [0.25, 0.3) is 0 Å². The van der Waals surface area contributed by atoms with Crippen LogP contribution in [0.2, 0.25) is 0 Å². The highest BCUT2D eigenvalue weighted by atomic mass is 19.1. The van der Waals surface area contributed by atoms with Crippen molar-refractivity contribution in [1.82, 2.24) is 15.2 Å². The largest absolute Gasteiger partial charge is 0.398 e. The van der Waals surface area contributed by atoms with Crippen LogP contribution in [-0.4, -0.2) is 21.1 Å². The van der Waals surface area contributed by atoms with E-state index in [0.717, 1.165) is 12.1 Å². The lowest BCUT2D eigenvalue weighted by Crippen LogP contribution is -2.17. The molecule has 0 aliphatic rings. The summed E-state index contributed by atoms with van der Waals surface area (Å²) in [4.78, 5) is 16.0. The van der Waals surface area contributed by atoms with Gasteiger partial charge >= 0.3 is 0 Å². The number of aromatic nitrogens is 3. The van der Waals surface area contributed by atoms with Gasteiger partial charge in [-0.1, -0.05) is 0 Å². The first kappa shape index (κ1) is 12.9. The number of hydrogen-bond donors (Lipinski definition) is 2. The second-order valence-corrected chi connectivity index (χ2v) is 3.99. The Hall–Kier alpha value is -2.57. The predicted molar refractivity (Wildman–Crippen MR) is 68.1 cm³/mol. The number of nitrogen functional groups attached to an aromatic ring is 1. The smallest absolute Gasteiger partial charge is 0.260 e. The average Bonchev–Trinajstić information content (AvgIpc) is 2.33. The van der Waals surface area contributed by atoms with E-state index in [9.17, 15) is 9.18 Å². The van der Waals surface area contributed by atoms with Crippen LogP contribution in [0.15, 0.2) is 18.2 Å². The molecule has 0 saturated carbocycles. The lowest BCUT2D eigenvalue weighted by molar-refractivity contribution is 0.102. The standard InChI is InChI=1S/C12H12FN5O/c1-6-7(2)17-18-12(15-6)16-11(19)9-4-3-8(13)5-10(9)14/h3-5H,14H2,1-2H3,(H,15,16,18,19). The molecule has 0 atom stereocenters. The molecule has 3 N–H and O–H groups in total. The summed E-state index contributed by atoms with van der Waals surface area (Å²) in [6, 6.07) is 3.54. The Morgan fingerprint density at radius 2 is 2.00 bits per heavy atom. The molecule has 1 aromatic carbocycles. The Balaban J connectivity index is 2.23. The van der Waals surface area contributed by atoms with Crippen molar-refractivity contribution < 1.29 is 9.18 Å². The highest BCUT2D eigenvalue weighted by molar-refractivity contribution is 6.06. The Labute approximate surface area is 108 Å². The number of halogens is 1. The van der Waals surface area contributed by atoms with E-state index in [2.05, 4.69) is 20.5 Å². The maximum absolute atomic E-state index is 12.9. The van der Waals surface area contributed by atoms with Crippen LogP contribution >= 0.6 is 0 Å². The third kappa shape index (κ3) is 2.82. The van der Waals surface area contributed by atoms with Crippen molar-refractivity contribution in [2.75, 3.05) is 11.1 Å². The molecule has 1 heterocycles. The lowest BCUT2D eigenvalue weighted by atomic mass is 10.1. The molecule has 1 amide bonds. The first-order valence-electron chi connectivity index (χ1n) is 5.51. The van der Waals surface area contributed by atoms with Crippen molar-refractivity contribution in [2.45, 2.75) is 13.8 Å². The van der Waals surface area contributed by atoms with E-state index in [-0.39, 0.29) is 17.2 Å². The van der Waals surface area contributed by atoms with Gasteiger partial charge in [-0.25, -0.2) is 9.37 Å². The fourth-order valence-electron chi connectivity index (χ4n) is 1.42. The number of aryl methyl sites for hydroxylation is 2. The van der Waals surface area contributed by atoms with Gasteiger partial charge in [0.2, 0.25) is 5.95 Å². The molecule has 7 heteroatoms. The maximum atomic E-state index is 12.9. The molecule has 0 radical (unpaired) electrons. The summed E-state index contributed by atoms with van der Waals surface area (Å²) in [6.45, 7) is 3.52. The Kier molecular flexibility index (Phi) is 3.37. The van der Waals surface area contributed by atoms with Crippen LogP contribution in [-0.2, 0) is 0 Å². The summed E-state index contributed by atoms with van der Waals surface area (Å²) < 4.78 is 12.9. The van der Waals surface area contributed by atoms with Crippen LogP contribution in [0.4, 0.5) is 16.0 Å². The van der Waals surface area contributed by atoms with Crippen molar-refractivity contribution in [1.29, 1.82) is 0 Å². The number of benzene rings is 1. The number of carbonyl (C=O) groups is 1. The third-order valence-corrected chi connectivity index (χ3v) is 2.58. The normalized spacial score (nSPS) is 10.3. The van der Waals surface area contributed by atoms with E-state index in [1.54, 1.807) is 13.8 Å². The SMILES string of the molecule is Cc1nnc(NC(=O)c2ccc(F)cc2N)nc1C. The van der Waals surface area contributed by atoms with Gasteiger partial charge in [-0.15, -0.1) is 5.10 Å². The number of rotatable bonds is 2. The number of hydrogen-bond acceptors (Lipinski definition) is 5. The zero-order valence-corrected chi connectivity index (χ0v) is 10.4. The second kappa shape index (κ2) is 4.97. The minimum Gasteiger partial charge on any atom is -0.398 e. The van der Waals surface area contributed by atoms with Crippen molar-refractivity contribution in [3.05, 3.63) is 41.0 Å². The third-order valence-electron chi connectivity index (χ3n) is 2.58. The van der Waals surface area contributed by atoms with Crippen LogP contribution in [0.1, 0.15) is 21.7 Å². The van der Waals surface area contributed by atoms with Gasteiger partial charge in [-0.2, -0.15) is 5.10 Å². The van der Waals surface area contributed by atoms with E-state index in [4.69, 9.17) is 5.73 Å². The number of nitrogens with zero attached hydrogens (tertiary/aromatic N) is 3. The second-order valence-electron chi connectivity index (χ2n) is 3.99. The molecule has 19 heavy (non-hydrogen) atoms. The van der Waals surface area contributed by atoms with Gasteiger partial charge in [-0.3, -0.25) is 10.1 Å². The van der Waals surface area contributed by atoms with Crippen LogP contribution < -0.4 is 11.1 Å². The fraction of sp³-hybridized carbons (Fsp3) is 0.167. The van der Waals surface area contributed by atoms with Gasteiger partial charge in [0, 0.05) is 5.69 Å². The Morgan fingerprint density at radius 3 is 2.63 bits per heavy atom. The van der Waals surface area contributed by atoms with E-state index < -0.39 is 11.7 Å². The molecule has 0 aliphatic heterocycles. The molecule has 1 aromatic heterocycles. The summed E-state index contributed by atoms with van der Waals surface area (Å²) >= 11 is 0. The van der Waals surface area contributed by atoms with Crippen LogP contribution in [0, 0.1) is 19.7 Å². The minimum absolute atomic E-state index is 0.0503. The topological polar surface area (TPSA) is 93.8 Å². The molecule has 0 bridgehead atoms. The van der Waals surface area contributed by atoms with Gasteiger partial charge in [-0.05, 0) is 32.0 Å². The summed E-state index contributed by atoms with van der Waals surface area (Å²) in [7, 11) is 0. The molecule has 0 fully saturated rings. The van der Waals surface area contributed by atoms with Gasteiger partial charge in [0.05, 0.1) is 17.0 Å². The lowest BCUT2D eigenvalue weighted by Gasteiger charge is -2.06. The van der Waals surface area contributed by atoms with Gasteiger partial charge in [0.15, 0.2) is 0 Å². The molecule has 0 unspecified atom stereocenters. The Bertz CT molecular complexity index is 644. The zero-order chi connectivity index (χ0) is 14.0. The maximum Gasteiger partial charge on any atom is 0.260 e. The average molecular weight is 261 g/mol. The molecule has 6 nitrogen and oxygen atoms in total. The number of amides is 1. The van der Waals surface area contributed by atoms with Crippen LogP contribution in [0.5, 0.6) is 0 Å². The fourth-order valence-corrected chi connectivity index (χ4v) is 1.42. The summed E-state index contributed by atoms with van der Waals surface area (Å²) in [5.74, 6) is -0.933. The number of anilines is 2. The van der Waals surface area contributed by atoms with E-state index in [0.29, 0.717) is 11.4 Å². The predicted octanol–water partition coefficient (Wildman–Crippen LogP) is 1.46. The monoisotopic (exact) mass is 261 g/mol. The molecule has 98 valence electrons. The van der Waals surface area contributed by atoms with Crippen molar-refractivity contribution >= 4 is 17.5 Å². The molecule has 0 spiro atoms.